The van der Waals surface area contributed by atoms with Gasteiger partial charge in [-0.15, -0.1) is 24.0 Å². The molecule has 3 rings (SSSR count). The molecule has 1 aliphatic rings. The van der Waals surface area contributed by atoms with Crippen LogP contribution in [-0.4, -0.2) is 28.6 Å². The van der Waals surface area contributed by atoms with E-state index in [1.54, 1.807) is 36.1 Å². The van der Waals surface area contributed by atoms with Crippen molar-refractivity contribution in [3.63, 3.8) is 0 Å². The van der Waals surface area contributed by atoms with Crippen molar-refractivity contribution in [2.75, 3.05) is 7.05 Å². The fourth-order valence-corrected chi connectivity index (χ4v) is 2.57. The molecule has 7 heteroatoms. The van der Waals surface area contributed by atoms with E-state index in [2.05, 4.69) is 27.5 Å². The molecule has 0 radical (unpaired) electrons. The van der Waals surface area contributed by atoms with Crippen molar-refractivity contribution in [2.24, 2.45) is 10.9 Å². The molecule has 0 saturated heterocycles. The first kappa shape index (κ1) is 18.7. The van der Waals surface area contributed by atoms with Crippen LogP contribution in [0.2, 0.25) is 0 Å². The summed E-state index contributed by atoms with van der Waals surface area (Å²) in [4.78, 5) is 8.32. The quantitative estimate of drug-likeness (QED) is 0.434. The molecular formula is C17H23FIN5. The predicted molar refractivity (Wildman–Crippen MR) is 105 cm³/mol. The van der Waals surface area contributed by atoms with E-state index in [1.165, 1.54) is 6.42 Å². The Morgan fingerprint density at radius 2 is 2.21 bits per heavy atom. The van der Waals surface area contributed by atoms with Crippen LogP contribution in [0.4, 0.5) is 4.39 Å². The summed E-state index contributed by atoms with van der Waals surface area (Å²) < 4.78 is 16.1. The zero-order valence-corrected chi connectivity index (χ0v) is 16.4. The number of guanidine groups is 1. The number of benzene rings is 1. The van der Waals surface area contributed by atoms with Crippen LogP contribution in [0.3, 0.4) is 0 Å². The summed E-state index contributed by atoms with van der Waals surface area (Å²) >= 11 is 0. The molecule has 0 amide bonds. The van der Waals surface area contributed by atoms with Gasteiger partial charge in [0.1, 0.15) is 11.6 Å². The van der Waals surface area contributed by atoms with Gasteiger partial charge in [0, 0.05) is 32.0 Å². The average Bonchev–Trinajstić information content (AvgIpc) is 3.06. The van der Waals surface area contributed by atoms with Crippen LogP contribution in [0, 0.1) is 18.7 Å². The zero-order valence-electron chi connectivity index (χ0n) is 14.1. The van der Waals surface area contributed by atoms with Gasteiger partial charge in [0.05, 0.1) is 5.69 Å². The molecule has 1 heterocycles. The molecule has 5 nitrogen and oxygen atoms in total. The monoisotopic (exact) mass is 443 g/mol. The molecule has 130 valence electrons. The number of hydrogen-bond donors (Lipinski definition) is 2. The second-order valence-electron chi connectivity index (χ2n) is 6.02. The molecule has 24 heavy (non-hydrogen) atoms. The molecule has 1 fully saturated rings. The molecule has 0 spiro atoms. The van der Waals surface area contributed by atoms with Gasteiger partial charge < -0.3 is 15.2 Å². The van der Waals surface area contributed by atoms with Crippen LogP contribution in [-0.2, 0) is 6.54 Å². The number of imidazole rings is 1. The summed E-state index contributed by atoms with van der Waals surface area (Å²) in [6, 6.07) is 5.75. The Kier molecular flexibility index (Phi) is 6.20. The van der Waals surface area contributed by atoms with Gasteiger partial charge >= 0.3 is 0 Å². The highest BCUT2D eigenvalue weighted by Crippen LogP contribution is 2.28. The Labute approximate surface area is 158 Å². The molecule has 1 aromatic carbocycles. The standard InChI is InChI=1S/C17H22FN5.HI/c1-11-8-15(11)22-17(19-3)21-10-13-4-5-16(14(18)9-13)23-7-6-20-12(23)2;/h4-7,9,11,15H,8,10H2,1-3H3,(H2,19,21,22);1H. The first-order valence-electron chi connectivity index (χ1n) is 7.84. The first-order valence-corrected chi connectivity index (χ1v) is 7.84. The van der Waals surface area contributed by atoms with E-state index < -0.39 is 0 Å². The minimum atomic E-state index is -0.260. The minimum absolute atomic E-state index is 0. The summed E-state index contributed by atoms with van der Waals surface area (Å²) in [6.45, 7) is 4.58. The number of nitrogens with zero attached hydrogens (tertiary/aromatic N) is 3. The van der Waals surface area contributed by atoms with Crippen LogP contribution in [0.25, 0.3) is 5.69 Å². The Morgan fingerprint density at radius 1 is 1.46 bits per heavy atom. The highest BCUT2D eigenvalue weighted by Gasteiger charge is 2.33. The van der Waals surface area contributed by atoms with Crippen LogP contribution in [0.1, 0.15) is 24.7 Å². The maximum absolute atomic E-state index is 14.3. The van der Waals surface area contributed by atoms with Gasteiger partial charge in [-0.1, -0.05) is 13.0 Å². The normalized spacial score (nSPS) is 19.6. The topological polar surface area (TPSA) is 54.2 Å². The molecule has 2 N–H and O–H groups in total. The number of rotatable bonds is 4. The molecule has 0 bridgehead atoms. The molecular weight excluding hydrogens is 420 g/mol. The van der Waals surface area contributed by atoms with Crippen molar-refractivity contribution in [1.29, 1.82) is 0 Å². The number of hydrogen-bond acceptors (Lipinski definition) is 2. The van der Waals surface area contributed by atoms with Gasteiger partial charge in [-0.2, -0.15) is 0 Å². The summed E-state index contributed by atoms with van der Waals surface area (Å²) in [5, 5.41) is 6.57. The molecule has 1 aliphatic carbocycles. The number of halogens is 2. The van der Waals surface area contributed by atoms with Gasteiger partial charge in [-0.25, -0.2) is 9.37 Å². The van der Waals surface area contributed by atoms with E-state index in [0.717, 1.165) is 17.3 Å². The highest BCUT2D eigenvalue weighted by atomic mass is 127. The maximum atomic E-state index is 14.3. The lowest BCUT2D eigenvalue weighted by Gasteiger charge is -2.13. The Hall–Kier alpha value is -1.64. The SMILES string of the molecule is CN=C(NCc1ccc(-n2ccnc2C)c(F)c1)NC1CC1C.I. The third kappa shape index (κ3) is 4.25. The van der Waals surface area contributed by atoms with Crippen LogP contribution in [0.15, 0.2) is 35.6 Å². The van der Waals surface area contributed by atoms with E-state index in [-0.39, 0.29) is 29.8 Å². The average molecular weight is 443 g/mol. The number of nitrogens with one attached hydrogen (secondary N) is 2. The predicted octanol–water partition coefficient (Wildman–Crippen LogP) is 3.01. The van der Waals surface area contributed by atoms with Crippen LogP contribution in [0.5, 0.6) is 0 Å². The highest BCUT2D eigenvalue weighted by molar-refractivity contribution is 14.0. The Balaban J connectivity index is 0.00000208. The van der Waals surface area contributed by atoms with Gasteiger partial charge in [0.2, 0.25) is 0 Å². The summed E-state index contributed by atoms with van der Waals surface area (Å²) in [7, 11) is 1.74. The van der Waals surface area contributed by atoms with E-state index in [4.69, 9.17) is 0 Å². The Bertz CT molecular complexity index is 728. The van der Waals surface area contributed by atoms with Gasteiger partial charge in [0.25, 0.3) is 0 Å². The van der Waals surface area contributed by atoms with Gasteiger partial charge in [-0.3, -0.25) is 4.99 Å². The summed E-state index contributed by atoms with van der Waals surface area (Å²) in [6.07, 6.45) is 4.60. The van der Waals surface area contributed by atoms with Crippen LogP contribution >= 0.6 is 24.0 Å². The van der Waals surface area contributed by atoms with Crippen molar-refractivity contribution < 1.29 is 4.39 Å². The summed E-state index contributed by atoms with van der Waals surface area (Å²) in [5.41, 5.74) is 1.38. The van der Waals surface area contributed by atoms with Crippen molar-refractivity contribution >= 4 is 29.9 Å². The third-order valence-corrected chi connectivity index (χ3v) is 4.21. The smallest absolute Gasteiger partial charge is 0.191 e. The van der Waals surface area contributed by atoms with Crippen LogP contribution < -0.4 is 10.6 Å². The summed E-state index contributed by atoms with van der Waals surface area (Å²) in [5.74, 6) is 1.96. The second-order valence-corrected chi connectivity index (χ2v) is 6.02. The molecule has 0 aliphatic heterocycles. The third-order valence-electron chi connectivity index (χ3n) is 4.21. The molecule has 2 atom stereocenters. The second kappa shape index (κ2) is 7.96. The van der Waals surface area contributed by atoms with Crippen molar-refractivity contribution in [3.8, 4) is 5.69 Å². The van der Waals surface area contributed by atoms with Crippen molar-refractivity contribution in [3.05, 3.63) is 47.8 Å². The largest absolute Gasteiger partial charge is 0.353 e. The van der Waals surface area contributed by atoms with E-state index in [1.807, 2.05) is 13.0 Å². The van der Waals surface area contributed by atoms with E-state index >= 15 is 0 Å². The molecule has 2 aromatic rings. The molecule has 2 unspecified atom stereocenters. The van der Waals surface area contributed by atoms with Crippen molar-refractivity contribution in [1.82, 2.24) is 20.2 Å². The minimum Gasteiger partial charge on any atom is -0.353 e. The molecule has 1 saturated carbocycles. The van der Waals surface area contributed by atoms with E-state index in [0.29, 0.717) is 24.2 Å². The lowest BCUT2D eigenvalue weighted by Crippen LogP contribution is -2.38. The van der Waals surface area contributed by atoms with E-state index in [9.17, 15) is 4.39 Å². The number of aromatic nitrogens is 2. The lowest BCUT2D eigenvalue weighted by atomic mass is 10.2. The lowest BCUT2D eigenvalue weighted by molar-refractivity contribution is 0.613. The van der Waals surface area contributed by atoms with Crippen molar-refractivity contribution in [2.45, 2.75) is 32.9 Å². The van der Waals surface area contributed by atoms with Gasteiger partial charge in [0.15, 0.2) is 5.96 Å². The first-order chi connectivity index (χ1) is 11.1. The number of aliphatic imine (C=N–C) groups is 1. The Morgan fingerprint density at radius 3 is 2.75 bits per heavy atom. The number of aryl methyl sites for hydroxylation is 1. The fourth-order valence-electron chi connectivity index (χ4n) is 2.57. The fraction of sp³-hybridized carbons (Fsp3) is 0.412. The maximum Gasteiger partial charge on any atom is 0.191 e. The molecule has 1 aromatic heterocycles. The van der Waals surface area contributed by atoms with Gasteiger partial charge in [-0.05, 0) is 37.0 Å². The zero-order chi connectivity index (χ0) is 16.4.